The third-order valence-electron chi connectivity index (χ3n) is 5.05. The number of aliphatic hydroxyl groups is 2. The Morgan fingerprint density at radius 2 is 1.87 bits per heavy atom. The summed E-state index contributed by atoms with van der Waals surface area (Å²) in [5.41, 5.74) is 0.203. The SMILES string of the molecule is Cn1c(=O)c2c(ncn2CCN[C@@H](CO)[C@@H](O)c2ccc([NH+]([O-])O)cc2)n(C)c1=O. The van der Waals surface area contributed by atoms with E-state index >= 15 is 0 Å². The molecule has 0 saturated carbocycles. The first-order valence-corrected chi connectivity index (χ1v) is 9.22. The van der Waals surface area contributed by atoms with Gasteiger partial charge >= 0.3 is 5.69 Å². The monoisotopic (exact) mass is 420 g/mol. The number of hydrogen-bond acceptors (Lipinski definition) is 8. The number of rotatable bonds is 8. The summed E-state index contributed by atoms with van der Waals surface area (Å²) in [7, 11) is 2.93. The first-order valence-electron chi connectivity index (χ1n) is 9.22. The number of aryl methyl sites for hydroxylation is 1. The van der Waals surface area contributed by atoms with E-state index in [-0.39, 0.29) is 23.5 Å². The number of fused-ring (bicyclic) bond motifs is 1. The number of benzene rings is 1. The van der Waals surface area contributed by atoms with Crippen LogP contribution in [0.25, 0.3) is 11.2 Å². The molecule has 162 valence electrons. The van der Waals surface area contributed by atoms with Crippen LogP contribution in [0.5, 0.6) is 0 Å². The maximum Gasteiger partial charge on any atom is 0.332 e. The van der Waals surface area contributed by atoms with Gasteiger partial charge in [0.05, 0.1) is 25.1 Å². The first kappa shape index (κ1) is 21.8. The standard InChI is InChI=1S/C18H24N6O6/c1-21-16-14(17(27)22(2)18(21)28)23(10-20-16)8-7-19-13(9-25)15(26)11-3-5-12(6-4-11)24(29)30/h3-6,10,13,15,19,24-26,29H,7-9H2,1-2H3/t13-,15-/m0/s1. The van der Waals surface area contributed by atoms with Gasteiger partial charge in [-0.3, -0.25) is 13.9 Å². The minimum atomic E-state index is -1.07. The average Bonchev–Trinajstić information content (AvgIpc) is 3.17. The molecular formula is C18H24N6O6. The summed E-state index contributed by atoms with van der Waals surface area (Å²) in [6.07, 6.45) is 0.397. The second kappa shape index (κ2) is 8.87. The molecule has 12 nitrogen and oxygen atoms in total. The van der Waals surface area contributed by atoms with Crippen LogP contribution in [0.3, 0.4) is 0 Å². The van der Waals surface area contributed by atoms with Gasteiger partial charge in [-0.2, -0.15) is 5.23 Å². The van der Waals surface area contributed by atoms with E-state index in [1.165, 1.54) is 49.3 Å². The van der Waals surface area contributed by atoms with Gasteiger partial charge in [0.15, 0.2) is 16.9 Å². The third kappa shape index (κ3) is 4.05. The molecule has 1 unspecified atom stereocenters. The lowest BCUT2D eigenvalue weighted by Crippen LogP contribution is -2.99. The number of nitrogens with one attached hydrogen (secondary N) is 2. The van der Waals surface area contributed by atoms with Crippen molar-refractivity contribution >= 4 is 16.9 Å². The Labute approximate surface area is 170 Å². The van der Waals surface area contributed by atoms with Crippen LogP contribution in [0.1, 0.15) is 11.7 Å². The van der Waals surface area contributed by atoms with Gasteiger partial charge in [-0.1, -0.05) is 12.1 Å². The molecule has 0 radical (unpaired) electrons. The Kier molecular flexibility index (Phi) is 6.45. The normalized spacial score (nSPS) is 14.7. The summed E-state index contributed by atoms with van der Waals surface area (Å²) in [6.45, 7) is 0.251. The second-order valence-electron chi connectivity index (χ2n) is 6.93. The molecule has 0 bridgehead atoms. The topological polar surface area (TPSA) is 162 Å². The van der Waals surface area contributed by atoms with Gasteiger partial charge in [-0.25, -0.2) is 15.0 Å². The van der Waals surface area contributed by atoms with Crippen molar-refractivity contribution in [3.8, 4) is 0 Å². The zero-order valence-electron chi connectivity index (χ0n) is 16.5. The smallest absolute Gasteiger partial charge is 0.332 e. The van der Waals surface area contributed by atoms with Crippen molar-refractivity contribution in [2.24, 2.45) is 14.1 Å². The molecule has 1 aromatic carbocycles. The van der Waals surface area contributed by atoms with Gasteiger partial charge in [0.25, 0.3) is 5.56 Å². The zero-order chi connectivity index (χ0) is 22.0. The fourth-order valence-electron chi connectivity index (χ4n) is 3.27. The van der Waals surface area contributed by atoms with E-state index < -0.39 is 28.6 Å². The number of aliphatic hydroxyl groups excluding tert-OH is 2. The Morgan fingerprint density at radius 1 is 1.20 bits per heavy atom. The highest BCUT2D eigenvalue weighted by molar-refractivity contribution is 5.69. The quantitative estimate of drug-likeness (QED) is 0.250. The van der Waals surface area contributed by atoms with Gasteiger partial charge < -0.3 is 25.3 Å². The van der Waals surface area contributed by atoms with Gasteiger partial charge in [0.1, 0.15) is 0 Å². The Bertz CT molecular complexity index is 1130. The van der Waals surface area contributed by atoms with Crippen molar-refractivity contribution in [1.82, 2.24) is 24.0 Å². The predicted octanol–water partition coefficient (Wildman–Crippen LogP) is -2.48. The van der Waals surface area contributed by atoms with E-state index in [4.69, 9.17) is 5.21 Å². The third-order valence-corrected chi connectivity index (χ3v) is 5.05. The van der Waals surface area contributed by atoms with Gasteiger partial charge in [-0.05, 0) is 5.56 Å². The lowest BCUT2D eigenvalue weighted by Gasteiger charge is -2.23. The van der Waals surface area contributed by atoms with Crippen molar-refractivity contribution in [3.05, 3.63) is 62.2 Å². The second-order valence-corrected chi connectivity index (χ2v) is 6.93. The predicted molar refractivity (Wildman–Crippen MR) is 106 cm³/mol. The molecular weight excluding hydrogens is 396 g/mol. The molecule has 0 fully saturated rings. The van der Waals surface area contributed by atoms with Crippen molar-refractivity contribution < 1.29 is 20.6 Å². The average molecular weight is 420 g/mol. The van der Waals surface area contributed by atoms with Crippen LogP contribution in [0.15, 0.2) is 40.2 Å². The molecule has 3 atom stereocenters. The van der Waals surface area contributed by atoms with Gasteiger partial charge in [0.2, 0.25) is 0 Å². The van der Waals surface area contributed by atoms with Crippen LogP contribution < -0.4 is 21.8 Å². The lowest BCUT2D eigenvalue weighted by atomic mass is 10.0. The molecule has 2 heterocycles. The largest absolute Gasteiger partial charge is 0.595 e. The maximum atomic E-state index is 12.5. The molecule has 5 N–H and O–H groups in total. The minimum absolute atomic E-state index is 0.0995. The van der Waals surface area contributed by atoms with E-state index in [0.29, 0.717) is 18.7 Å². The molecule has 0 spiro atoms. The fraction of sp³-hybridized carbons (Fsp3) is 0.389. The molecule has 0 aliphatic rings. The minimum Gasteiger partial charge on any atom is -0.595 e. The number of hydrogen-bond donors (Lipinski definition) is 5. The highest BCUT2D eigenvalue weighted by Crippen LogP contribution is 2.18. The van der Waals surface area contributed by atoms with E-state index in [1.54, 1.807) is 4.57 Å². The number of quaternary nitrogens is 1. The van der Waals surface area contributed by atoms with Crippen LogP contribution in [0, 0.1) is 5.21 Å². The van der Waals surface area contributed by atoms with Crippen molar-refractivity contribution in [3.63, 3.8) is 0 Å². The van der Waals surface area contributed by atoms with Crippen LogP contribution in [-0.4, -0.2) is 53.3 Å². The van der Waals surface area contributed by atoms with Crippen LogP contribution >= 0.6 is 0 Å². The van der Waals surface area contributed by atoms with Crippen molar-refractivity contribution in [2.45, 2.75) is 18.7 Å². The molecule has 3 rings (SSSR count). The lowest BCUT2D eigenvalue weighted by molar-refractivity contribution is -0.991. The van der Waals surface area contributed by atoms with Crippen molar-refractivity contribution in [2.75, 3.05) is 13.2 Å². The van der Waals surface area contributed by atoms with E-state index in [9.17, 15) is 25.0 Å². The molecule has 2 aromatic heterocycles. The Morgan fingerprint density at radius 3 is 2.47 bits per heavy atom. The van der Waals surface area contributed by atoms with Crippen LogP contribution in [0.2, 0.25) is 0 Å². The highest BCUT2D eigenvalue weighted by Gasteiger charge is 2.20. The zero-order valence-corrected chi connectivity index (χ0v) is 16.5. The summed E-state index contributed by atoms with van der Waals surface area (Å²) in [5, 5.41) is 42.0. The number of aromatic nitrogens is 4. The molecule has 0 aliphatic carbocycles. The summed E-state index contributed by atoms with van der Waals surface area (Å²) >= 11 is 0. The van der Waals surface area contributed by atoms with Crippen LogP contribution in [0.4, 0.5) is 5.69 Å². The van der Waals surface area contributed by atoms with E-state index in [1.807, 2.05) is 0 Å². The highest BCUT2D eigenvalue weighted by atomic mass is 16.8. The Hall–Kier alpha value is -2.87. The van der Waals surface area contributed by atoms with Crippen molar-refractivity contribution in [1.29, 1.82) is 0 Å². The molecule has 12 heteroatoms. The van der Waals surface area contributed by atoms with Gasteiger partial charge in [-0.15, -0.1) is 0 Å². The molecule has 0 saturated heterocycles. The fourth-order valence-corrected chi connectivity index (χ4v) is 3.27. The molecule has 3 aromatic rings. The number of nitrogens with zero attached hydrogens (tertiary/aromatic N) is 4. The molecule has 0 amide bonds. The first-order chi connectivity index (χ1) is 14.3. The molecule has 0 aliphatic heterocycles. The summed E-state index contributed by atoms with van der Waals surface area (Å²) in [6, 6.07) is 5.04. The maximum absolute atomic E-state index is 12.5. The summed E-state index contributed by atoms with van der Waals surface area (Å²) in [5.74, 6) is 0. The van der Waals surface area contributed by atoms with E-state index in [0.717, 1.165) is 4.57 Å². The Balaban J connectivity index is 1.72. The van der Waals surface area contributed by atoms with Gasteiger partial charge in [0, 0.05) is 39.3 Å². The summed E-state index contributed by atoms with van der Waals surface area (Å²) < 4.78 is 3.91. The summed E-state index contributed by atoms with van der Waals surface area (Å²) in [4.78, 5) is 28.6. The van der Waals surface area contributed by atoms with Crippen LogP contribution in [-0.2, 0) is 20.6 Å². The number of imidazole rings is 1. The van der Waals surface area contributed by atoms with E-state index in [2.05, 4.69) is 10.3 Å². The molecule has 30 heavy (non-hydrogen) atoms.